The molecular weight excluding hydrogens is 1750 g/mol. The van der Waals surface area contributed by atoms with E-state index in [9.17, 15) is 182 Å². The fourth-order valence-corrected chi connectivity index (χ4v) is 14.3. The molecule has 20 atom stereocenters. The summed E-state index contributed by atoms with van der Waals surface area (Å²) < 4.78 is 596. The van der Waals surface area contributed by atoms with Gasteiger partial charge >= 0.3 is 0 Å². The molecule has 0 amide bonds. The molecule has 101 heavy (non-hydrogen) atoms. The lowest BCUT2D eigenvalue weighted by Gasteiger charge is -2.52. The van der Waals surface area contributed by atoms with Gasteiger partial charge in [-0.25, -0.2) is 122 Å². The SMILES string of the molecule is O=S(=O)([O-])OC[C@@H]1O[C@H](O[C@H]2[C@H](OS(=O)(=O)[O-])[C@H](OS(=O)(=O)[O-])[C@@H](O[C@H]3[C@H](OS(=O)(=O)[O-])[C@H](OS(=O)(=O)[O-])[C@@H](OS(=O)(=O)[O-])O[C@@H]3COS(=O)(=O)[O-])O[C@H]2COS(=O)(=O)[O-])[C@@H](OS(=O)(=O)[O-])[C@@H](OS(=O)(=O)[O-])[C@@H]1O[C@H]1O[C@@H](COS(=O)(=O)[O-])[C@@H](OS(=O)(=O)[O-])[C@H](OS(=O)(=O)[O-])[C@@H]1OS(=O)(=O)[O-]. The third kappa shape index (κ3) is 33.5. The molecule has 0 bridgehead atoms. The van der Waals surface area contributed by atoms with Gasteiger partial charge in [0.1, 0.15) is 73.2 Å². The van der Waals surface area contributed by atoms with Crippen molar-refractivity contribution >= 4 is 146 Å². The second-order valence-corrected chi connectivity index (χ2v) is 32.3. The first-order chi connectivity index (χ1) is 44.7. The lowest BCUT2D eigenvalue weighted by Crippen LogP contribution is -2.69. The van der Waals surface area contributed by atoms with Crippen molar-refractivity contribution in [3.8, 4) is 0 Å². The van der Waals surface area contributed by atoms with Crippen LogP contribution in [0.25, 0.3) is 0 Å². The molecular formula is C24H28O63S14-14. The van der Waals surface area contributed by atoms with E-state index in [1.54, 1.807) is 0 Å². The number of hydrogen-bond donors (Lipinski definition) is 0. The number of rotatable bonds is 38. The molecule has 0 unspecified atom stereocenters. The predicted molar refractivity (Wildman–Crippen MR) is 254 cm³/mol. The van der Waals surface area contributed by atoms with Gasteiger partial charge in [0.15, 0.2) is 43.3 Å². The van der Waals surface area contributed by atoms with Crippen LogP contribution >= 0.6 is 0 Å². The summed E-state index contributed by atoms with van der Waals surface area (Å²) in [4.78, 5) is 0. The van der Waals surface area contributed by atoms with Crippen molar-refractivity contribution in [1.82, 2.24) is 0 Å². The molecule has 0 aromatic rings. The smallest absolute Gasteiger partial charge is 0.220 e. The predicted octanol–water partition coefficient (Wildman–Crippen LogP) is -17.0. The highest BCUT2D eigenvalue weighted by Gasteiger charge is 2.61. The molecule has 0 saturated carbocycles. The van der Waals surface area contributed by atoms with Crippen LogP contribution in [0, 0.1) is 0 Å². The fourth-order valence-electron chi connectivity index (χ4n) is 8.32. The van der Waals surface area contributed by atoms with Crippen LogP contribution in [0.1, 0.15) is 0 Å². The van der Waals surface area contributed by atoms with Crippen LogP contribution < -0.4 is 0 Å². The molecule has 4 aliphatic rings. The summed E-state index contributed by atoms with van der Waals surface area (Å²) in [7, 11) is -95.4. The summed E-state index contributed by atoms with van der Waals surface area (Å²) in [6, 6.07) is 0. The molecule has 0 aliphatic carbocycles. The average Bonchev–Trinajstić information content (AvgIpc) is 0.759. The molecule has 4 aliphatic heterocycles. The molecule has 0 aromatic heterocycles. The molecule has 0 spiro atoms. The minimum atomic E-state index is -7.17. The van der Waals surface area contributed by atoms with Gasteiger partial charge in [-0.3, -0.25) is 54.4 Å². The summed E-state index contributed by atoms with van der Waals surface area (Å²) in [5, 5.41) is 0. The Morgan fingerprint density at radius 2 is 0.327 bits per heavy atom. The van der Waals surface area contributed by atoms with Gasteiger partial charge in [-0.1, -0.05) is 0 Å². The van der Waals surface area contributed by atoms with Crippen LogP contribution in [-0.4, -0.2) is 331 Å². The quantitative estimate of drug-likeness (QED) is 0.0409. The van der Waals surface area contributed by atoms with E-state index in [2.05, 4.69) is 63.3 Å². The summed E-state index contributed by atoms with van der Waals surface area (Å²) >= 11 is 0. The Hall–Kier alpha value is -2.10. The van der Waals surface area contributed by atoms with Crippen LogP contribution in [0.2, 0.25) is 0 Å². The molecule has 4 heterocycles. The second kappa shape index (κ2) is 33.0. The molecule has 77 heteroatoms. The van der Waals surface area contributed by atoms with Gasteiger partial charge in [0.25, 0.3) is 0 Å². The van der Waals surface area contributed by atoms with Gasteiger partial charge in [-0.05, 0) is 0 Å². The van der Waals surface area contributed by atoms with Crippen LogP contribution in [-0.2, 0) is 237 Å². The van der Waals surface area contributed by atoms with Crippen molar-refractivity contribution in [2.75, 3.05) is 26.4 Å². The largest absolute Gasteiger partial charge is 0.726 e. The normalized spacial score (nSPS) is 32.5. The molecule has 0 radical (unpaired) electrons. The van der Waals surface area contributed by atoms with Crippen molar-refractivity contribution < 1.29 is 273 Å². The third-order valence-corrected chi connectivity index (χ3v) is 17.3. The highest BCUT2D eigenvalue weighted by atomic mass is 32.3. The highest BCUT2D eigenvalue weighted by molar-refractivity contribution is 7.83. The Morgan fingerprint density at radius 3 is 0.515 bits per heavy atom. The van der Waals surface area contributed by atoms with E-state index in [4.69, 9.17) is 28.4 Å². The van der Waals surface area contributed by atoms with Gasteiger partial charge in [-0.2, -0.15) is 0 Å². The average molecular weight is 1770 g/mol. The van der Waals surface area contributed by atoms with Crippen LogP contribution in [0.4, 0.5) is 0 Å². The summed E-state index contributed by atoms with van der Waals surface area (Å²) in [6.07, 6.45) is -78.0. The number of ether oxygens (including phenoxy) is 7. The molecule has 0 aromatic carbocycles. The van der Waals surface area contributed by atoms with Crippen LogP contribution in [0.15, 0.2) is 0 Å². The van der Waals surface area contributed by atoms with E-state index < -0.39 is 295 Å². The third-order valence-electron chi connectivity index (χ3n) is 11.0. The van der Waals surface area contributed by atoms with E-state index in [0.717, 1.165) is 0 Å². The fraction of sp³-hybridized carbons (Fsp3) is 1.00. The Balaban J connectivity index is 2.20. The van der Waals surface area contributed by atoms with E-state index in [0.29, 0.717) is 0 Å². The zero-order chi connectivity index (χ0) is 78.2. The van der Waals surface area contributed by atoms with E-state index in [1.165, 1.54) is 0 Å². The van der Waals surface area contributed by atoms with E-state index in [-0.39, 0.29) is 0 Å². The van der Waals surface area contributed by atoms with E-state index in [1.807, 2.05) is 0 Å². The molecule has 4 rings (SSSR count). The molecule has 0 N–H and O–H groups in total. The zero-order valence-corrected chi connectivity index (χ0v) is 57.2. The van der Waals surface area contributed by atoms with Gasteiger partial charge in [0.2, 0.25) is 152 Å². The van der Waals surface area contributed by atoms with E-state index >= 15 is 0 Å². The van der Waals surface area contributed by atoms with Crippen molar-refractivity contribution in [3.05, 3.63) is 0 Å². The van der Waals surface area contributed by atoms with Gasteiger partial charge in [0, 0.05) is 0 Å². The lowest BCUT2D eigenvalue weighted by atomic mass is 9.95. The minimum Gasteiger partial charge on any atom is -0.726 e. The first-order valence-electron chi connectivity index (χ1n) is 23.1. The van der Waals surface area contributed by atoms with Crippen molar-refractivity contribution in [3.63, 3.8) is 0 Å². The monoisotopic (exact) mass is 1770 g/mol. The van der Waals surface area contributed by atoms with Crippen molar-refractivity contribution in [2.24, 2.45) is 0 Å². The van der Waals surface area contributed by atoms with Gasteiger partial charge in [0.05, 0.1) is 26.4 Å². The maximum Gasteiger partial charge on any atom is 0.220 e. The van der Waals surface area contributed by atoms with Crippen molar-refractivity contribution in [1.29, 1.82) is 0 Å². The first kappa shape index (κ1) is 91.3. The lowest BCUT2D eigenvalue weighted by molar-refractivity contribution is -0.377. The van der Waals surface area contributed by atoms with Gasteiger partial charge < -0.3 is 96.9 Å². The van der Waals surface area contributed by atoms with Crippen LogP contribution in [0.5, 0.6) is 0 Å². The van der Waals surface area contributed by atoms with Crippen molar-refractivity contribution in [2.45, 2.75) is 123 Å². The standard InChI is InChI=1S/C24H42O63S14/c25-88(26,27)67-1-5-9(13(79-93(40,41)42)18(84-98(55,56)57)22(72-5)77-11-7(3-69-90(31,32)33)74-24(87-101(64,65)66)20(86-100(61,62)63)15(11)81-95(46,47)48)75-21-17(83-97(52,53)54)14(80-94(43,44)45)10(6(71-21)2-68-89(28,29)30)76-23-19(85-99(58,59)60)16(82-96(49,50)51)12(78-92(37,38)39)8(73-23)4-70-91(34,35)36/h5-24H,1-4H2,(H,25,26,27)(H,28,29,30)(H,31,32,33)(H,34,35,36)(H,37,38,39)(H,40,41,42)(H,43,44,45)(H,46,47,48)(H,49,50,51)(H,52,53,54)(H,55,56,57)(H,58,59,60)(H,61,62,63)(H,64,65,66)/p-14/t5-,6-,7+,8-,9+,10+,11+,12+,13-,14-,15-,16-,17-,18-,19-,20-,21+,22+,23+,24+/m0/s1. The molecule has 4 saturated heterocycles. The molecule has 63 nitrogen and oxygen atoms in total. The maximum atomic E-state index is 12.6. The molecule has 4 fully saturated rings. The highest BCUT2D eigenvalue weighted by Crippen LogP contribution is 2.42. The number of hydrogen-bond acceptors (Lipinski definition) is 63. The Morgan fingerprint density at radius 1 is 0.178 bits per heavy atom. The Labute approximate surface area is 564 Å². The minimum absolute atomic E-state index is 2.39. The summed E-state index contributed by atoms with van der Waals surface area (Å²) in [5.41, 5.74) is 0. The van der Waals surface area contributed by atoms with Gasteiger partial charge in [-0.15, -0.1) is 0 Å². The first-order valence-corrected chi connectivity index (χ1v) is 41.8. The topological polar surface area (TPSA) is 995 Å². The Kier molecular flexibility index (Phi) is 29.8. The van der Waals surface area contributed by atoms with Crippen LogP contribution in [0.3, 0.4) is 0 Å². The maximum absolute atomic E-state index is 12.6. The Bertz CT molecular complexity index is 4610. The molecule has 600 valence electrons. The summed E-state index contributed by atoms with van der Waals surface area (Å²) in [6.45, 7) is -10.0. The zero-order valence-electron chi connectivity index (χ0n) is 45.8. The second-order valence-electron chi connectivity index (χ2n) is 18.0. The summed E-state index contributed by atoms with van der Waals surface area (Å²) in [5.74, 6) is 0.